The maximum absolute atomic E-state index is 11.9. The molecule has 1 unspecified atom stereocenters. The van der Waals surface area contributed by atoms with Crippen LogP contribution < -0.4 is 19.9 Å². The quantitative estimate of drug-likeness (QED) is 0.810. The molecule has 0 fully saturated rings. The molecule has 0 saturated carbocycles. The van der Waals surface area contributed by atoms with Gasteiger partial charge in [0, 0.05) is 0 Å². The number of ether oxygens (including phenoxy) is 1. The third-order valence-electron chi connectivity index (χ3n) is 2.50. The molecule has 0 aliphatic heterocycles. The standard InChI is InChI=1S/C13H15AsN4O2/c1-8-3-4-10(20-2)9(5-8)16-13(19)18-12-7-15-6-11(14)17-12/h3-7H,14H2,1-2H3,(H2,16,17,18,19). The molecule has 0 radical (unpaired) electrons. The molecule has 0 saturated heterocycles. The fraction of sp³-hybridized carbons (Fsp3) is 0.154. The zero-order chi connectivity index (χ0) is 14.5. The predicted molar refractivity (Wildman–Crippen MR) is 80.6 cm³/mol. The Labute approximate surface area is 125 Å². The van der Waals surface area contributed by atoms with E-state index in [4.69, 9.17) is 4.74 Å². The Bertz CT molecular complexity index is 634. The van der Waals surface area contributed by atoms with E-state index in [0.717, 1.165) is 10.0 Å². The van der Waals surface area contributed by atoms with Gasteiger partial charge in [-0.05, 0) is 0 Å². The van der Waals surface area contributed by atoms with E-state index >= 15 is 0 Å². The van der Waals surface area contributed by atoms with Crippen molar-refractivity contribution in [3.63, 3.8) is 0 Å². The molecule has 1 heterocycles. The molecule has 6 nitrogen and oxygen atoms in total. The molecular formula is C13H15AsN4O2. The van der Waals surface area contributed by atoms with E-state index in [1.54, 1.807) is 19.4 Å². The summed E-state index contributed by atoms with van der Waals surface area (Å²) in [4.78, 5) is 20.1. The van der Waals surface area contributed by atoms with Crippen molar-refractivity contribution in [1.82, 2.24) is 9.97 Å². The van der Waals surface area contributed by atoms with Crippen molar-refractivity contribution in [2.75, 3.05) is 17.7 Å². The summed E-state index contributed by atoms with van der Waals surface area (Å²) in [6.07, 6.45) is 3.14. The van der Waals surface area contributed by atoms with E-state index in [-0.39, 0.29) is 6.03 Å². The van der Waals surface area contributed by atoms with Crippen LogP contribution in [0.25, 0.3) is 0 Å². The van der Waals surface area contributed by atoms with Gasteiger partial charge in [0.15, 0.2) is 0 Å². The van der Waals surface area contributed by atoms with Gasteiger partial charge in [0.2, 0.25) is 0 Å². The predicted octanol–water partition coefficient (Wildman–Crippen LogP) is 0.696. The fourth-order valence-electron chi connectivity index (χ4n) is 1.63. The molecule has 7 heteroatoms. The number of carbonyl (C=O) groups excluding carboxylic acids is 1. The second-order valence-corrected chi connectivity index (χ2v) is 5.35. The monoisotopic (exact) mass is 334 g/mol. The molecule has 2 amide bonds. The minimum absolute atomic E-state index is 0.388. The topological polar surface area (TPSA) is 76.1 Å². The Morgan fingerprint density at radius 1 is 1.30 bits per heavy atom. The van der Waals surface area contributed by atoms with Crippen molar-refractivity contribution >= 4 is 38.9 Å². The molecule has 1 aromatic heterocycles. The number of urea groups is 1. The van der Waals surface area contributed by atoms with E-state index in [1.807, 2.05) is 19.1 Å². The number of hydrogen-bond acceptors (Lipinski definition) is 4. The van der Waals surface area contributed by atoms with Crippen LogP contribution in [0.15, 0.2) is 30.6 Å². The number of aryl methyl sites for hydroxylation is 1. The molecule has 1 aromatic carbocycles. The van der Waals surface area contributed by atoms with E-state index in [9.17, 15) is 4.79 Å². The van der Waals surface area contributed by atoms with Crippen LogP contribution in [0.2, 0.25) is 0 Å². The molecule has 20 heavy (non-hydrogen) atoms. The van der Waals surface area contributed by atoms with Gasteiger partial charge in [0.05, 0.1) is 0 Å². The maximum atomic E-state index is 11.9. The summed E-state index contributed by atoms with van der Waals surface area (Å²) in [5.74, 6) is 1.01. The molecule has 2 N–H and O–H groups in total. The van der Waals surface area contributed by atoms with Gasteiger partial charge in [0.1, 0.15) is 0 Å². The van der Waals surface area contributed by atoms with Crippen LogP contribution in [-0.2, 0) is 0 Å². The molecule has 104 valence electrons. The number of rotatable bonds is 3. The first-order valence-electron chi connectivity index (χ1n) is 5.88. The van der Waals surface area contributed by atoms with Crippen LogP contribution in [0, 0.1) is 6.92 Å². The van der Waals surface area contributed by atoms with E-state index in [0.29, 0.717) is 17.3 Å². The van der Waals surface area contributed by atoms with Crippen molar-refractivity contribution in [3.05, 3.63) is 36.2 Å². The average Bonchev–Trinajstić information content (AvgIpc) is 2.38. The SMILES string of the molecule is COc1ccc(C)cc1NC(=O)Nc1cncc([AsH2])n1. The van der Waals surface area contributed by atoms with Crippen molar-refractivity contribution in [1.29, 1.82) is 0 Å². The van der Waals surface area contributed by atoms with Gasteiger partial charge >= 0.3 is 125 Å². The summed E-state index contributed by atoms with van der Waals surface area (Å²) >= 11 is 1.34. The van der Waals surface area contributed by atoms with Crippen molar-refractivity contribution in [2.24, 2.45) is 0 Å². The average molecular weight is 334 g/mol. The van der Waals surface area contributed by atoms with Crippen LogP contribution in [-0.4, -0.2) is 40.0 Å². The summed E-state index contributed by atoms with van der Waals surface area (Å²) in [6.45, 7) is 1.94. The first-order valence-corrected chi connectivity index (χ1v) is 7.10. The minimum atomic E-state index is -0.388. The molecule has 0 aliphatic carbocycles. The Morgan fingerprint density at radius 2 is 2.10 bits per heavy atom. The summed E-state index contributed by atoms with van der Waals surface area (Å²) in [5, 5.41) is 5.37. The molecular weight excluding hydrogens is 319 g/mol. The van der Waals surface area contributed by atoms with Crippen molar-refractivity contribution in [3.8, 4) is 5.75 Å². The normalized spacial score (nSPS) is 9.95. The van der Waals surface area contributed by atoms with Crippen LogP contribution in [0.5, 0.6) is 5.75 Å². The third-order valence-corrected chi connectivity index (χ3v) is 3.08. The van der Waals surface area contributed by atoms with Gasteiger partial charge < -0.3 is 0 Å². The molecule has 2 aromatic rings. The number of nitrogens with one attached hydrogen (secondary N) is 2. The number of anilines is 2. The number of benzene rings is 1. The van der Waals surface area contributed by atoms with Gasteiger partial charge in [-0.1, -0.05) is 0 Å². The Hall–Kier alpha value is -2.07. The van der Waals surface area contributed by atoms with Crippen LogP contribution in [0.3, 0.4) is 0 Å². The molecule has 0 aliphatic rings. The van der Waals surface area contributed by atoms with Crippen molar-refractivity contribution in [2.45, 2.75) is 6.92 Å². The molecule has 0 spiro atoms. The number of carbonyl (C=O) groups is 1. The number of amides is 2. The van der Waals surface area contributed by atoms with Gasteiger partial charge in [-0.3, -0.25) is 0 Å². The number of methoxy groups -OCH3 is 1. The van der Waals surface area contributed by atoms with Crippen LogP contribution >= 0.6 is 0 Å². The molecule has 1 atom stereocenters. The van der Waals surface area contributed by atoms with Crippen LogP contribution in [0.1, 0.15) is 5.56 Å². The van der Waals surface area contributed by atoms with E-state index in [1.165, 1.54) is 23.0 Å². The van der Waals surface area contributed by atoms with Crippen molar-refractivity contribution < 1.29 is 9.53 Å². The molecule has 2 rings (SSSR count). The van der Waals surface area contributed by atoms with Gasteiger partial charge in [0.25, 0.3) is 0 Å². The Kier molecular flexibility index (Phi) is 4.58. The number of aromatic nitrogens is 2. The first kappa shape index (κ1) is 14.3. The van der Waals surface area contributed by atoms with Crippen LogP contribution in [0.4, 0.5) is 16.3 Å². The Balaban J connectivity index is 2.10. The fourth-order valence-corrected chi connectivity index (χ4v) is 2.10. The number of nitrogens with zero attached hydrogens (tertiary/aromatic N) is 2. The molecule has 0 bridgehead atoms. The number of hydrogen-bond donors (Lipinski definition) is 2. The first-order chi connectivity index (χ1) is 9.58. The van der Waals surface area contributed by atoms with E-state index < -0.39 is 0 Å². The zero-order valence-corrected chi connectivity index (χ0v) is 13.6. The second-order valence-electron chi connectivity index (χ2n) is 4.11. The third kappa shape index (κ3) is 3.71. The van der Waals surface area contributed by atoms with Gasteiger partial charge in [-0.15, -0.1) is 0 Å². The van der Waals surface area contributed by atoms with E-state index in [2.05, 4.69) is 20.6 Å². The van der Waals surface area contributed by atoms with Gasteiger partial charge in [-0.2, -0.15) is 0 Å². The van der Waals surface area contributed by atoms with Gasteiger partial charge in [-0.25, -0.2) is 0 Å². The summed E-state index contributed by atoms with van der Waals surface area (Å²) in [6, 6.07) is 5.17. The zero-order valence-electron chi connectivity index (χ0n) is 11.2. The Morgan fingerprint density at radius 3 is 2.80 bits per heavy atom. The second kappa shape index (κ2) is 6.39. The summed E-state index contributed by atoms with van der Waals surface area (Å²) in [7, 11) is 1.56. The summed E-state index contributed by atoms with van der Waals surface area (Å²) < 4.78 is 6.00. The summed E-state index contributed by atoms with van der Waals surface area (Å²) in [5.41, 5.74) is 1.63.